The molecular formula is C16H19N3O. The first kappa shape index (κ1) is 12.9. The first-order valence-electron chi connectivity index (χ1n) is 6.95. The van der Waals surface area contributed by atoms with Crippen molar-refractivity contribution in [3.63, 3.8) is 0 Å². The molecule has 0 saturated carbocycles. The molecule has 0 radical (unpaired) electrons. The number of hydrogen-bond donors (Lipinski definition) is 2. The molecule has 1 atom stereocenters. The first-order chi connectivity index (χ1) is 9.66. The number of nitrogens with two attached hydrogens (primary N) is 1. The summed E-state index contributed by atoms with van der Waals surface area (Å²) in [6, 6.07) is 8.12. The van der Waals surface area contributed by atoms with Crippen molar-refractivity contribution in [1.29, 1.82) is 0 Å². The topological polar surface area (TPSA) is 62.1 Å². The molecule has 3 rings (SSSR count). The van der Waals surface area contributed by atoms with Gasteiger partial charge in [-0.2, -0.15) is 0 Å². The summed E-state index contributed by atoms with van der Waals surface area (Å²) in [5, 5.41) is 1.26. The molecule has 2 heterocycles. The first-order valence-corrected chi connectivity index (χ1v) is 6.95. The van der Waals surface area contributed by atoms with E-state index in [0.717, 1.165) is 25.0 Å². The summed E-state index contributed by atoms with van der Waals surface area (Å²) < 4.78 is 0. The highest BCUT2D eigenvalue weighted by Crippen LogP contribution is 2.29. The summed E-state index contributed by atoms with van der Waals surface area (Å²) in [6.07, 6.45) is 5.22. The third-order valence-electron chi connectivity index (χ3n) is 4.14. The van der Waals surface area contributed by atoms with Crippen LogP contribution in [0.1, 0.15) is 18.9 Å². The number of rotatable bonds is 3. The molecule has 4 nitrogen and oxygen atoms in total. The second-order valence-electron chi connectivity index (χ2n) is 5.30. The summed E-state index contributed by atoms with van der Waals surface area (Å²) in [5.41, 5.74) is 9.14. The van der Waals surface area contributed by atoms with Gasteiger partial charge in [-0.3, -0.25) is 9.69 Å². The van der Waals surface area contributed by atoms with Gasteiger partial charge in [0, 0.05) is 35.8 Å². The SMILES string of the molecule is CC(C(N)=O)N1CC=C(c2c[nH]c3ccccc23)CC1. The zero-order valence-corrected chi connectivity index (χ0v) is 11.6. The minimum atomic E-state index is -0.256. The number of para-hydroxylation sites is 1. The normalized spacial score (nSPS) is 17.9. The Labute approximate surface area is 118 Å². The van der Waals surface area contributed by atoms with Crippen molar-refractivity contribution in [2.75, 3.05) is 13.1 Å². The quantitative estimate of drug-likeness (QED) is 0.896. The largest absolute Gasteiger partial charge is 0.368 e. The lowest BCUT2D eigenvalue weighted by Crippen LogP contribution is -2.44. The highest BCUT2D eigenvalue weighted by Gasteiger charge is 2.22. The van der Waals surface area contributed by atoms with E-state index in [0.29, 0.717) is 0 Å². The Morgan fingerprint density at radius 2 is 2.20 bits per heavy atom. The molecule has 4 heteroatoms. The van der Waals surface area contributed by atoms with E-state index in [9.17, 15) is 4.79 Å². The van der Waals surface area contributed by atoms with E-state index in [1.165, 1.54) is 16.5 Å². The van der Waals surface area contributed by atoms with Crippen LogP contribution in [0, 0.1) is 0 Å². The molecule has 0 bridgehead atoms. The Morgan fingerprint density at radius 1 is 1.40 bits per heavy atom. The highest BCUT2D eigenvalue weighted by atomic mass is 16.1. The van der Waals surface area contributed by atoms with Gasteiger partial charge in [0.25, 0.3) is 0 Å². The average Bonchev–Trinajstić information content (AvgIpc) is 2.90. The molecule has 1 aliphatic heterocycles. The van der Waals surface area contributed by atoms with Crippen molar-refractivity contribution in [2.24, 2.45) is 5.73 Å². The zero-order valence-electron chi connectivity index (χ0n) is 11.6. The number of carbonyl (C=O) groups is 1. The molecule has 1 aromatic heterocycles. The van der Waals surface area contributed by atoms with Crippen LogP contribution in [0.15, 0.2) is 36.5 Å². The number of benzene rings is 1. The molecule has 0 aliphatic carbocycles. The van der Waals surface area contributed by atoms with E-state index >= 15 is 0 Å². The number of aromatic nitrogens is 1. The van der Waals surface area contributed by atoms with Crippen LogP contribution in [0.5, 0.6) is 0 Å². The van der Waals surface area contributed by atoms with Gasteiger partial charge in [-0.25, -0.2) is 0 Å². The van der Waals surface area contributed by atoms with E-state index in [4.69, 9.17) is 5.73 Å². The molecule has 1 aromatic carbocycles. The molecule has 0 fully saturated rings. The van der Waals surface area contributed by atoms with Gasteiger partial charge in [-0.1, -0.05) is 24.3 Å². The number of fused-ring (bicyclic) bond motifs is 1. The van der Waals surface area contributed by atoms with Crippen LogP contribution in [0.2, 0.25) is 0 Å². The standard InChI is InChI=1S/C16H19N3O/c1-11(16(17)20)19-8-6-12(7-9-19)14-10-18-15-5-3-2-4-13(14)15/h2-6,10-11,18H,7-9H2,1H3,(H2,17,20). The Hall–Kier alpha value is -2.07. The maximum atomic E-state index is 11.2. The Bertz CT molecular complexity index is 671. The fourth-order valence-electron chi connectivity index (χ4n) is 2.80. The Morgan fingerprint density at radius 3 is 2.90 bits per heavy atom. The van der Waals surface area contributed by atoms with Crippen LogP contribution in [-0.2, 0) is 4.79 Å². The van der Waals surface area contributed by atoms with Crippen molar-refractivity contribution in [3.05, 3.63) is 42.1 Å². The van der Waals surface area contributed by atoms with E-state index in [2.05, 4.69) is 40.4 Å². The van der Waals surface area contributed by atoms with Gasteiger partial charge in [0.05, 0.1) is 6.04 Å². The van der Waals surface area contributed by atoms with Crippen molar-refractivity contribution >= 4 is 22.4 Å². The number of primary amides is 1. The smallest absolute Gasteiger partial charge is 0.234 e. The van der Waals surface area contributed by atoms with Gasteiger partial charge in [0.1, 0.15) is 0 Å². The minimum absolute atomic E-state index is 0.198. The maximum Gasteiger partial charge on any atom is 0.234 e. The molecule has 104 valence electrons. The van der Waals surface area contributed by atoms with Gasteiger partial charge in [0.2, 0.25) is 5.91 Å². The van der Waals surface area contributed by atoms with Crippen LogP contribution < -0.4 is 5.73 Å². The molecule has 20 heavy (non-hydrogen) atoms. The van der Waals surface area contributed by atoms with Crippen LogP contribution in [-0.4, -0.2) is 34.9 Å². The number of nitrogens with zero attached hydrogens (tertiary/aromatic N) is 1. The van der Waals surface area contributed by atoms with Crippen molar-refractivity contribution in [2.45, 2.75) is 19.4 Å². The van der Waals surface area contributed by atoms with Crippen LogP contribution in [0.25, 0.3) is 16.5 Å². The monoisotopic (exact) mass is 269 g/mol. The predicted octanol–water partition coefficient (Wildman–Crippen LogP) is 2.13. The third kappa shape index (κ3) is 2.23. The fourth-order valence-corrected chi connectivity index (χ4v) is 2.80. The summed E-state index contributed by atoms with van der Waals surface area (Å²) in [6.45, 7) is 3.52. The molecule has 1 amide bonds. The number of H-pyrrole nitrogens is 1. The summed E-state index contributed by atoms with van der Waals surface area (Å²) in [4.78, 5) is 16.7. The van der Waals surface area contributed by atoms with Crippen molar-refractivity contribution < 1.29 is 4.79 Å². The second kappa shape index (κ2) is 5.13. The van der Waals surface area contributed by atoms with Gasteiger partial charge in [0.15, 0.2) is 0 Å². The van der Waals surface area contributed by atoms with E-state index in [1.807, 2.05) is 13.0 Å². The summed E-state index contributed by atoms with van der Waals surface area (Å²) in [7, 11) is 0. The van der Waals surface area contributed by atoms with E-state index in [1.54, 1.807) is 0 Å². The summed E-state index contributed by atoms with van der Waals surface area (Å²) >= 11 is 0. The fraction of sp³-hybridized carbons (Fsp3) is 0.312. The molecule has 3 N–H and O–H groups in total. The minimum Gasteiger partial charge on any atom is -0.368 e. The van der Waals surface area contributed by atoms with Crippen molar-refractivity contribution in [3.8, 4) is 0 Å². The van der Waals surface area contributed by atoms with Crippen LogP contribution in [0.4, 0.5) is 0 Å². The highest BCUT2D eigenvalue weighted by molar-refractivity contribution is 5.92. The van der Waals surface area contributed by atoms with Gasteiger partial charge in [-0.05, 0) is 25.0 Å². The average molecular weight is 269 g/mol. The summed E-state index contributed by atoms with van der Waals surface area (Å²) in [5.74, 6) is -0.256. The van der Waals surface area contributed by atoms with Crippen LogP contribution in [0.3, 0.4) is 0 Å². The molecular weight excluding hydrogens is 250 g/mol. The lowest BCUT2D eigenvalue weighted by molar-refractivity contribution is -0.122. The van der Waals surface area contributed by atoms with Crippen LogP contribution >= 0.6 is 0 Å². The Balaban J connectivity index is 1.85. The van der Waals surface area contributed by atoms with Gasteiger partial charge in [-0.15, -0.1) is 0 Å². The number of nitrogens with one attached hydrogen (secondary N) is 1. The predicted molar refractivity (Wildman–Crippen MR) is 81.1 cm³/mol. The number of hydrogen-bond acceptors (Lipinski definition) is 2. The molecule has 1 aliphatic rings. The Kier molecular flexibility index (Phi) is 3.32. The van der Waals surface area contributed by atoms with Gasteiger partial charge < -0.3 is 10.7 Å². The second-order valence-corrected chi connectivity index (χ2v) is 5.30. The number of carbonyl (C=O) groups excluding carboxylic acids is 1. The molecule has 0 saturated heterocycles. The van der Waals surface area contributed by atoms with E-state index < -0.39 is 0 Å². The van der Waals surface area contributed by atoms with Gasteiger partial charge >= 0.3 is 0 Å². The lowest BCUT2D eigenvalue weighted by Gasteiger charge is -2.29. The number of aromatic amines is 1. The third-order valence-corrected chi connectivity index (χ3v) is 4.14. The lowest BCUT2D eigenvalue weighted by atomic mass is 9.98. The van der Waals surface area contributed by atoms with Crippen molar-refractivity contribution in [1.82, 2.24) is 9.88 Å². The maximum absolute atomic E-state index is 11.2. The molecule has 0 spiro atoms. The zero-order chi connectivity index (χ0) is 14.1. The molecule has 2 aromatic rings. The molecule has 1 unspecified atom stereocenters. The number of amides is 1. The van der Waals surface area contributed by atoms with E-state index in [-0.39, 0.29) is 11.9 Å².